The molecular formula is C28H26N2O5. The fourth-order valence-corrected chi connectivity index (χ4v) is 3.60. The van der Waals surface area contributed by atoms with Gasteiger partial charge in [0.2, 0.25) is 0 Å². The number of carbonyl (C=O) groups excluding carboxylic acids is 2. The second-order valence-electron chi connectivity index (χ2n) is 7.76. The van der Waals surface area contributed by atoms with Gasteiger partial charge in [0.25, 0.3) is 5.91 Å². The normalized spacial score (nSPS) is 10.6. The molecule has 0 aliphatic heterocycles. The molecule has 0 saturated heterocycles. The van der Waals surface area contributed by atoms with Crippen LogP contribution < -0.4 is 14.4 Å². The minimum Gasteiger partial charge on any atom is -0.497 e. The summed E-state index contributed by atoms with van der Waals surface area (Å²) in [5.41, 5.74) is 3.31. The first-order chi connectivity index (χ1) is 17.0. The van der Waals surface area contributed by atoms with Gasteiger partial charge in [-0.3, -0.25) is 4.79 Å². The number of likely N-dealkylation sites (N-methyl/N-ethyl adjacent to an activating group) is 1. The van der Waals surface area contributed by atoms with Gasteiger partial charge in [-0.1, -0.05) is 18.2 Å². The van der Waals surface area contributed by atoms with Gasteiger partial charge in [0, 0.05) is 29.8 Å². The van der Waals surface area contributed by atoms with E-state index in [4.69, 9.17) is 19.2 Å². The van der Waals surface area contributed by atoms with Crippen LogP contribution in [0.4, 0.5) is 5.69 Å². The smallest absolute Gasteiger partial charge is 0.338 e. The number of anilines is 1. The summed E-state index contributed by atoms with van der Waals surface area (Å²) < 4.78 is 16.4. The number of amides is 1. The maximum Gasteiger partial charge on any atom is 0.338 e. The molecule has 1 amide bonds. The van der Waals surface area contributed by atoms with Crippen LogP contribution >= 0.6 is 0 Å². The van der Waals surface area contributed by atoms with Gasteiger partial charge in [-0.2, -0.15) is 0 Å². The lowest BCUT2D eigenvalue weighted by Crippen LogP contribution is -2.31. The molecule has 0 bridgehead atoms. The van der Waals surface area contributed by atoms with E-state index >= 15 is 0 Å². The monoisotopic (exact) mass is 470 g/mol. The molecule has 0 spiro atoms. The Morgan fingerprint density at radius 1 is 0.943 bits per heavy atom. The SMILES string of the molecule is CCOC(=O)c1ccc2nc(-c3ccc(OC)cc3)cc(OCC(=O)N(C)c3ccccc3)c2c1. The Labute approximate surface area is 203 Å². The molecule has 178 valence electrons. The van der Waals surface area contributed by atoms with Crippen molar-refractivity contribution in [1.82, 2.24) is 4.98 Å². The molecule has 0 atom stereocenters. The van der Waals surface area contributed by atoms with Gasteiger partial charge < -0.3 is 19.1 Å². The Hall–Kier alpha value is -4.39. The van der Waals surface area contributed by atoms with E-state index in [9.17, 15) is 9.59 Å². The van der Waals surface area contributed by atoms with Crippen molar-refractivity contribution in [2.45, 2.75) is 6.92 Å². The summed E-state index contributed by atoms with van der Waals surface area (Å²) in [4.78, 5) is 31.4. The average molecular weight is 471 g/mol. The first-order valence-electron chi connectivity index (χ1n) is 11.2. The van der Waals surface area contributed by atoms with Crippen molar-refractivity contribution >= 4 is 28.5 Å². The third kappa shape index (κ3) is 5.41. The zero-order valence-electron chi connectivity index (χ0n) is 19.9. The highest BCUT2D eigenvalue weighted by Gasteiger charge is 2.16. The van der Waals surface area contributed by atoms with Crippen LogP contribution in [0.15, 0.2) is 78.9 Å². The first kappa shape index (κ1) is 23.8. The number of rotatable bonds is 8. The summed E-state index contributed by atoms with van der Waals surface area (Å²) in [6.07, 6.45) is 0. The number of methoxy groups -OCH3 is 1. The Morgan fingerprint density at radius 3 is 2.37 bits per heavy atom. The van der Waals surface area contributed by atoms with Gasteiger partial charge in [0.1, 0.15) is 11.5 Å². The summed E-state index contributed by atoms with van der Waals surface area (Å²) in [5.74, 6) is 0.537. The fourth-order valence-electron chi connectivity index (χ4n) is 3.60. The lowest BCUT2D eigenvalue weighted by molar-refractivity contribution is -0.120. The minimum atomic E-state index is -0.431. The van der Waals surface area contributed by atoms with Gasteiger partial charge in [0.05, 0.1) is 30.5 Å². The number of benzene rings is 3. The molecule has 0 unspecified atom stereocenters. The molecule has 0 aliphatic carbocycles. The number of carbonyl (C=O) groups is 2. The van der Waals surface area contributed by atoms with Gasteiger partial charge in [-0.25, -0.2) is 9.78 Å². The Bertz CT molecular complexity index is 1340. The highest BCUT2D eigenvalue weighted by Crippen LogP contribution is 2.32. The lowest BCUT2D eigenvalue weighted by Gasteiger charge is -2.18. The maximum atomic E-state index is 12.8. The predicted octanol–water partition coefficient (Wildman–Crippen LogP) is 5.13. The van der Waals surface area contributed by atoms with Gasteiger partial charge in [-0.15, -0.1) is 0 Å². The van der Waals surface area contributed by atoms with Crippen LogP contribution in [0.2, 0.25) is 0 Å². The molecule has 35 heavy (non-hydrogen) atoms. The van der Waals surface area contributed by atoms with E-state index < -0.39 is 5.97 Å². The summed E-state index contributed by atoms with van der Waals surface area (Å²) >= 11 is 0. The fraction of sp³-hybridized carbons (Fsp3) is 0.179. The highest BCUT2D eigenvalue weighted by atomic mass is 16.5. The van der Waals surface area contributed by atoms with E-state index in [1.807, 2.05) is 54.6 Å². The molecule has 7 nitrogen and oxygen atoms in total. The Morgan fingerprint density at radius 2 is 1.69 bits per heavy atom. The second kappa shape index (κ2) is 10.7. The third-order valence-electron chi connectivity index (χ3n) is 5.54. The second-order valence-corrected chi connectivity index (χ2v) is 7.76. The molecule has 4 rings (SSSR count). The zero-order valence-corrected chi connectivity index (χ0v) is 19.9. The molecular weight excluding hydrogens is 444 g/mol. The molecule has 1 heterocycles. The quantitative estimate of drug-likeness (QED) is 0.332. The van der Waals surface area contributed by atoms with Crippen molar-refractivity contribution in [1.29, 1.82) is 0 Å². The van der Waals surface area contributed by atoms with E-state index in [0.717, 1.165) is 17.0 Å². The summed E-state index contributed by atoms with van der Waals surface area (Å²) in [6, 6.07) is 23.7. The van der Waals surface area contributed by atoms with Gasteiger partial charge in [0.15, 0.2) is 6.61 Å². The van der Waals surface area contributed by atoms with Gasteiger partial charge in [-0.05, 0) is 61.5 Å². The van der Waals surface area contributed by atoms with Crippen LogP contribution in [0.1, 0.15) is 17.3 Å². The van der Waals surface area contributed by atoms with E-state index in [1.54, 1.807) is 45.3 Å². The van der Waals surface area contributed by atoms with E-state index in [-0.39, 0.29) is 19.1 Å². The van der Waals surface area contributed by atoms with Gasteiger partial charge >= 0.3 is 5.97 Å². The molecule has 0 aliphatic rings. The Balaban J connectivity index is 1.70. The maximum absolute atomic E-state index is 12.8. The third-order valence-corrected chi connectivity index (χ3v) is 5.54. The van der Waals surface area contributed by atoms with Crippen LogP contribution in [-0.4, -0.2) is 44.2 Å². The minimum absolute atomic E-state index is 0.184. The number of nitrogens with zero attached hydrogens (tertiary/aromatic N) is 2. The van der Waals surface area contributed by atoms with E-state index in [0.29, 0.717) is 27.9 Å². The number of para-hydroxylation sites is 1. The van der Waals surface area contributed by atoms with Crippen LogP contribution in [-0.2, 0) is 9.53 Å². The highest BCUT2D eigenvalue weighted by molar-refractivity contribution is 5.98. The standard InChI is InChI=1S/C28H26N2O5/c1-4-34-28(32)20-12-15-24-23(16-20)26(17-25(29-24)19-10-13-22(33-3)14-11-19)35-18-27(31)30(2)21-8-6-5-7-9-21/h5-17H,4,18H2,1-3H3. The van der Waals surface area contributed by atoms with Crippen LogP contribution in [0.5, 0.6) is 11.5 Å². The number of fused-ring (bicyclic) bond motifs is 1. The van der Waals surface area contributed by atoms with Crippen molar-refractivity contribution in [2.75, 3.05) is 32.3 Å². The predicted molar refractivity (Wildman–Crippen MR) is 135 cm³/mol. The van der Waals surface area contributed by atoms with Crippen molar-refractivity contribution in [2.24, 2.45) is 0 Å². The summed E-state index contributed by atoms with van der Waals surface area (Å²) in [7, 11) is 3.31. The van der Waals surface area contributed by atoms with Crippen LogP contribution in [0, 0.1) is 0 Å². The van der Waals surface area contributed by atoms with Crippen LogP contribution in [0.25, 0.3) is 22.2 Å². The number of aromatic nitrogens is 1. The number of esters is 1. The first-order valence-corrected chi connectivity index (χ1v) is 11.2. The molecule has 1 aromatic heterocycles. The van der Waals surface area contributed by atoms with Crippen molar-refractivity contribution in [3.8, 4) is 22.8 Å². The molecule has 0 N–H and O–H groups in total. The molecule has 0 radical (unpaired) electrons. The molecule has 0 fully saturated rings. The average Bonchev–Trinajstić information content (AvgIpc) is 2.91. The number of ether oxygens (including phenoxy) is 3. The zero-order chi connectivity index (χ0) is 24.8. The van der Waals surface area contributed by atoms with E-state index in [1.165, 1.54) is 4.90 Å². The summed E-state index contributed by atoms with van der Waals surface area (Å²) in [5, 5.41) is 0.614. The largest absolute Gasteiger partial charge is 0.497 e. The van der Waals surface area contributed by atoms with Crippen molar-refractivity contribution in [3.63, 3.8) is 0 Å². The van der Waals surface area contributed by atoms with E-state index in [2.05, 4.69) is 0 Å². The van der Waals surface area contributed by atoms with Crippen molar-refractivity contribution < 1.29 is 23.8 Å². The Kier molecular flexibility index (Phi) is 7.26. The molecule has 4 aromatic rings. The lowest BCUT2D eigenvalue weighted by atomic mass is 10.1. The molecule has 7 heteroatoms. The number of hydrogen-bond acceptors (Lipinski definition) is 6. The molecule has 3 aromatic carbocycles. The topological polar surface area (TPSA) is 78.0 Å². The van der Waals surface area contributed by atoms with Crippen molar-refractivity contribution in [3.05, 3.63) is 84.4 Å². The summed E-state index contributed by atoms with van der Waals surface area (Å²) in [6.45, 7) is 1.84. The van der Waals surface area contributed by atoms with Crippen LogP contribution in [0.3, 0.4) is 0 Å². The molecule has 0 saturated carbocycles. The number of hydrogen-bond donors (Lipinski definition) is 0. The number of pyridine rings is 1.